The zero-order chi connectivity index (χ0) is 27.0. The van der Waals surface area contributed by atoms with Gasteiger partial charge in [-0.3, -0.25) is 14.4 Å². The van der Waals surface area contributed by atoms with Gasteiger partial charge in [0.25, 0.3) is 11.8 Å². The van der Waals surface area contributed by atoms with E-state index in [4.69, 9.17) is 0 Å². The molecule has 0 heterocycles. The first-order valence-corrected chi connectivity index (χ1v) is 11.6. The van der Waals surface area contributed by atoms with Crippen molar-refractivity contribution in [3.63, 3.8) is 0 Å². The minimum atomic E-state index is -4.52. The van der Waals surface area contributed by atoms with Gasteiger partial charge in [0.1, 0.15) is 0 Å². The van der Waals surface area contributed by atoms with E-state index < -0.39 is 17.6 Å². The number of rotatable bonds is 9. The van der Waals surface area contributed by atoms with Crippen LogP contribution in [0.1, 0.15) is 46.5 Å². The number of hydrogen-bond donors (Lipinski definition) is 4. The number of alkyl halides is 3. The number of nitrogens with one attached hydrogen (secondary N) is 4. The molecule has 1 unspecified atom stereocenters. The molecule has 4 N–H and O–H groups in total. The van der Waals surface area contributed by atoms with Gasteiger partial charge < -0.3 is 21.3 Å². The van der Waals surface area contributed by atoms with E-state index in [0.29, 0.717) is 16.9 Å². The zero-order valence-corrected chi connectivity index (χ0v) is 20.3. The summed E-state index contributed by atoms with van der Waals surface area (Å²) in [5.74, 6) is -1.21. The number of benzene rings is 3. The van der Waals surface area contributed by atoms with Crippen LogP contribution in [0.2, 0.25) is 0 Å². The van der Waals surface area contributed by atoms with E-state index in [1.165, 1.54) is 24.3 Å². The Morgan fingerprint density at radius 3 is 2.00 bits per heavy atom. The molecular formula is C27H27F3N4O3. The minimum Gasteiger partial charge on any atom is -0.376 e. The van der Waals surface area contributed by atoms with Crippen LogP contribution < -0.4 is 21.3 Å². The molecular weight excluding hydrogens is 485 g/mol. The maximum Gasteiger partial charge on any atom is 0.416 e. The molecule has 0 saturated heterocycles. The Morgan fingerprint density at radius 1 is 0.784 bits per heavy atom. The fourth-order valence-electron chi connectivity index (χ4n) is 3.28. The highest BCUT2D eigenvalue weighted by atomic mass is 19.4. The van der Waals surface area contributed by atoms with Crippen LogP contribution in [0.5, 0.6) is 0 Å². The summed E-state index contributed by atoms with van der Waals surface area (Å²) in [4.78, 5) is 37.3. The van der Waals surface area contributed by atoms with Gasteiger partial charge >= 0.3 is 6.18 Å². The molecule has 37 heavy (non-hydrogen) atoms. The SMILES string of the molecule is CCC(C)NC(=O)c1cccc(NC(=O)CNc2cccc(C(=O)Nc3cccc(C(F)(F)F)c3)c2)c1. The normalized spacial score (nSPS) is 11.8. The number of amides is 3. The summed E-state index contributed by atoms with van der Waals surface area (Å²) in [7, 11) is 0. The Balaban J connectivity index is 1.57. The van der Waals surface area contributed by atoms with Gasteiger partial charge in [-0.1, -0.05) is 25.1 Å². The van der Waals surface area contributed by atoms with Crippen molar-refractivity contribution in [3.05, 3.63) is 89.5 Å². The second-order valence-corrected chi connectivity index (χ2v) is 8.38. The summed E-state index contributed by atoms with van der Waals surface area (Å²) in [6.45, 7) is 3.74. The molecule has 0 aliphatic heterocycles. The summed E-state index contributed by atoms with van der Waals surface area (Å²) in [6.07, 6.45) is -3.73. The lowest BCUT2D eigenvalue weighted by molar-refractivity contribution is -0.137. The van der Waals surface area contributed by atoms with E-state index in [1.807, 2.05) is 13.8 Å². The van der Waals surface area contributed by atoms with Crippen LogP contribution in [0, 0.1) is 0 Å². The van der Waals surface area contributed by atoms with Gasteiger partial charge in [-0.15, -0.1) is 0 Å². The first-order chi connectivity index (χ1) is 17.5. The second kappa shape index (κ2) is 12.1. The van der Waals surface area contributed by atoms with Crippen LogP contribution in [-0.2, 0) is 11.0 Å². The van der Waals surface area contributed by atoms with Gasteiger partial charge in [-0.2, -0.15) is 13.2 Å². The highest BCUT2D eigenvalue weighted by Crippen LogP contribution is 2.30. The molecule has 3 aromatic carbocycles. The Labute approximate surface area is 212 Å². The van der Waals surface area contributed by atoms with Crippen molar-refractivity contribution in [1.29, 1.82) is 0 Å². The van der Waals surface area contributed by atoms with Crippen molar-refractivity contribution < 1.29 is 27.6 Å². The summed E-state index contributed by atoms with van der Waals surface area (Å²) >= 11 is 0. The predicted octanol–water partition coefficient (Wildman–Crippen LogP) is 5.54. The smallest absolute Gasteiger partial charge is 0.376 e. The van der Waals surface area contributed by atoms with Gasteiger partial charge in [-0.25, -0.2) is 0 Å². The van der Waals surface area contributed by atoms with Gasteiger partial charge in [0.05, 0.1) is 12.1 Å². The van der Waals surface area contributed by atoms with Gasteiger partial charge in [-0.05, 0) is 67.9 Å². The van der Waals surface area contributed by atoms with Crippen molar-refractivity contribution in [3.8, 4) is 0 Å². The molecule has 0 bridgehead atoms. The van der Waals surface area contributed by atoms with Crippen molar-refractivity contribution in [2.45, 2.75) is 32.5 Å². The third-order valence-corrected chi connectivity index (χ3v) is 5.42. The maximum atomic E-state index is 12.9. The van der Waals surface area contributed by atoms with E-state index in [1.54, 1.807) is 36.4 Å². The Hall–Kier alpha value is -4.34. The van der Waals surface area contributed by atoms with E-state index in [2.05, 4.69) is 21.3 Å². The quantitative estimate of drug-likeness (QED) is 0.303. The Morgan fingerprint density at radius 2 is 1.35 bits per heavy atom. The van der Waals surface area contributed by atoms with Gasteiger partial charge in [0.2, 0.25) is 5.91 Å². The summed E-state index contributed by atoms with van der Waals surface area (Å²) < 4.78 is 38.7. The zero-order valence-electron chi connectivity index (χ0n) is 20.3. The third-order valence-electron chi connectivity index (χ3n) is 5.42. The molecule has 0 aliphatic carbocycles. The molecule has 0 aromatic heterocycles. The topological polar surface area (TPSA) is 99.3 Å². The van der Waals surface area contributed by atoms with Crippen LogP contribution in [0.25, 0.3) is 0 Å². The third kappa shape index (κ3) is 8.09. The van der Waals surface area contributed by atoms with Gasteiger partial charge in [0.15, 0.2) is 0 Å². The molecule has 3 amide bonds. The maximum absolute atomic E-state index is 12.9. The van der Waals surface area contributed by atoms with E-state index >= 15 is 0 Å². The monoisotopic (exact) mass is 512 g/mol. The summed E-state index contributed by atoms with van der Waals surface area (Å²) in [5, 5.41) is 10.9. The van der Waals surface area contributed by atoms with Crippen LogP contribution in [0.4, 0.5) is 30.2 Å². The Kier molecular flexibility index (Phi) is 8.89. The Bertz CT molecular complexity index is 1280. The molecule has 0 spiro atoms. The first kappa shape index (κ1) is 27.3. The lowest BCUT2D eigenvalue weighted by Crippen LogP contribution is -2.32. The number of halogens is 3. The number of carbonyl (C=O) groups is 3. The molecule has 7 nitrogen and oxygen atoms in total. The van der Waals surface area contributed by atoms with Crippen molar-refractivity contribution in [2.75, 3.05) is 22.5 Å². The van der Waals surface area contributed by atoms with Crippen molar-refractivity contribution in [2.24, 2.45) is 0 Å². The number of hydrogen-bond acceptors (Lipinski definition) is 4. The molecule has 10 heteroatoms. The largest absolute Gasteiger partial charge is 0.416 e. The molecule has 194 valence electrons. The lowest BCUT2D eigenvalue weighted by Gasteiger charge is -2.13. The minimum absolute atomic E-state index is 0.0117. The van der Waals surface area contributed by atoms with E-state index in [0.717, 1.165) is 18.6 Å². The highest BCUT2D eigenvalue weighted by Gasteiger charge is 2.30. The summed E-state index contributed by atoms with van der Waals surface area (Å²) in [6, 6.07) is 17.2. The molecule has 0 radical (unpaired) electrons. The molecule has 3 rings (SSSR count). The van der Waals surface area contributed by atoms with Crippen LogP contribution in [-0.4, -0.2) is 30.3 Å². The van der Waals surface area contributed by atoms with Crippen LogP contribution >= 0.6 is 0 Å². The van der Waals surface area contributed by atoms with Crippen molar-refractivity contribution >= 4 is 34.8 Å². The standard InChI is InChI=1S/C27H27F3N4O3/c1-3-17(2)32-25(36)19-8-5-11-22(14-19)33-24(35)16-31-21-10-4-7-18(13-21)26(37)34-23-12-6-9-20(15-23)27(28,29)30/h4-15,17,31H,3,16H2,1-2H3,(H,32,36)(H,33,35)(H,34,37). The predicted molar refractivity (Wildman–Crippen MR) is 137 cm³/mol. The van der Waals surface area contributed by atoms with E-state index in [9.17, 15) is 27.6 Å². The average molecular weight is 513 g/mol. The number of carbonyl (C=O) groups excluding carboxylic acids is 3. The molecule has 1 atom stereocenters. The second-order valence-electron chi connectivity index (χ2n) is 8.38. The molecule has 0 fully saturated rings. The highest BCUT2D eigenvalue weighted by molar-refractivity contribution is 6.05. The molecule has 3 aromatic rings. The van der Waals surface area contributed by atoms with Crippen LogP contribution in [0.3, 0.4) is 0 Å². The molecule has 0 saturated carbocycles. The van der Waals surface area contributed by atoms with Crippen LogP contribution in [0.15, 0.2) is 72.8 Å². The average Bonchev–Trinajstić information content (AvgIpc) is 2.87. The summed E-state index contributed by atoms with van der Waals surface area (Å²) in [5.41, 5.74) is 0.686. The first-order valence-electron chi connectivity index (χ1n) is 11.6. The van der Waals surface area contributed by atoms with E-state index in [-0.39, 0.29) is 35.7 Å². The number of anilines is 3. The van der Waals surface area contributed by atoms with Gasteiger partial charge in [0, 0.05) is 34.2 Å². The lowest BCUT2D eigenvalue weighted by atomic mass is 10.1. The fraction of sp³-hybridized carbons (Fsp3) is 0.222. The fourth-order valence-corrected chi connectivity index (χ4v) is 3.28. The molecule has 0 aliphatic rings. The van der Waals surface area contributed by atoms with Crippen molar-refractivity contribution in [1.82, 2.24) is 5.32 Å².